The summed E-state index contributed by atoms with van der Waals surface area (Å²) in [7, 11) is 0. The Morgan fingerprint density at radius 2 is 1.18 bits per heavy atom. The summed E-state index contributed by atoms with van der Waals surface area (Å²) >= 11 is 0. The van der Waals surface area contributed by atoms with Crippen LogP contribution in [0.5, 0.6) is 0 Å². The molecule has 0 saturated carbocycles. The van der Waals surface area contributed by atoms with Crippen LogP contribution in [0.15, 0.2) is 42.5 Å². The van der Waals surface area contributed by atoms with Crippen LogP contribution in [-0.4, -0.2) is 6.18 Å². The second kappa shape index (κ2) is 9.33. The van der Waals surface area contributed by atoms with Crippen LogP contribution in [0.2, 0.25) is 0 Å². The Kier molecular flexibility index (Phi) is 6.90. The summed E-state index contributed by atoms with van der Waals surface area (Å²) in [6.07, 6.45) is -5.45. The van der Waals surface area contributed by atoms with E-state index in [-0.39, 0.29) is 41.7 Å². The van der Waals surface area contributed by atoms with Crippen LogP contribution < -0.4 is 0 Å². The highest BCUT2D eigenvalue weighted by Crippen LogP contribution is 2.31. The van der Waals surface area contributed by atoms with Gasteiger partial charge in [-0.3, -0.25) is 0 Å². The van der Waals surface area contributed by atoms with Crippen molar-refractivity contribution in [3.8, 4) is 11.1 Å². The van der Waals surface area contributed by atoms with Crippen LogP contribution in [0.25, 0.3) is 17.2 Å². The summed E-state index contributed by atoms with van der Waals surface area (Å²) in [4.78, 5) is 0. The molecule has 0 unspecified atom stereocenters. The van der Waals surface area contributed by atoms with E-state index in [1.807, 2.05) is 0 Å². The van der Waals surface area contributed by atoms with Crippen LogP contribution in [0.3, 0.4) is 0 Å². The van der Waals surface area contributed by atoms with Gasteiger partial charge in [-0.05, 0) is 78.9 Å². The van der Waals surface area contributed by atoms with Crippen molar-refractivity contribution in [2.24, 2.45) is 0 Å². The minimum absolute atomic E-state index is 0.0485. The van der Waals surface area contributed by atoms with E-state index in [1.54, 1.807) is 0 Å². The third-order valence-electron chi connectivity index (χ3n) is 4.86. The summed E-state index contributed by atoms with van der Waals surface area (Å²) in [5.41, 5.74) is -2.11. The Labute approximate surface area is 183 Å². The van der Waals surface area contributed by atoms with Crippen molar-refractivity contribution in [3.05, 3.63) is 99.6 Å². The molecule has 0 radical (unpaired) electrons. The van der Waals surface area contributed by atoms with E-state index in [2.05, 4.69) is 0 Å². The Morgan fingerprint density at radius 3 is 1.67 bits per heavy atom. The van der Waals surface area contributed by atoms with Crippen LogP contribution in [0.4, 0.5) is 39.5 Å². The molecule has 0 atom stereocenters. The van der Waals surface area contributed by atoms with E-state index in [9.17, 15) is 39.5 Å². The first-order valence-corrected chi connectivity index (χ1v) is 9.53. The highest BCUT2D eigenvalue weighted by atomic mass is 19.4. The molecular weight excluding hydrogens is 459 g/mol. The molecular formula is C24H15F9. The van der Waals surface area contributed by atoms with Crippen molar-refractivity contribution in [3.63, 3.8) is 0 Å². The number of hydrogen-bond acceptors (Lipinski definition) is 0. The summed E-state index contributed by atoms with van der Waals surface area (Å²) in [5, 5.41) is 0. The number of rotatable bonds is 5. The lowest BCUT2D eigenvalue weighted by molar-refractivity contribution is -0.0790. The maximum Gasteiger partial charge on any atom is 0.409 e. The van der Waals surface area contributed by atoms with Crippen molar-refractivity contribution in [1.29, 1.82) is 0 Å². The minimum Gasteiger partial charge on any atom is -0.207 e. The molecule has 3 rings (SSSR count). The molecule has 0 spiro atoms. The zero-order valence-electron chi connectivity index (χ0n) is 16.9. The minimum atomic E-state index is -4.76. The van der Waals surface area contributed by atoms with Crippen LogP contribution in [-0.2, 0) is 12.8 Å². The molecule has 0 aliphatic carbocycles. The van der Waals surface area contributed by atoms with Gasteiger partial charge in [0.25, 0.3) is 0 Å². The molecule has 174 valence electrons. The normalized spacial score (nSPS) is 12.1. The van der Waals surface area contributed by atoms with Crippen LogP contribution >= 0.6 is 0 Å². The molecule has 0 aromatic heterocycles. The van der Waals surface area contributed by atoms with Crippen molar-refractivity contribution in [2.45, 2.75) is 25.9 Å². The van der Waals surface area contributed by atoms with Gasteiger partial charge in [-0.2, -0.15) is 13.2 Å². The molecule has 33 heavy (non-hydrogen) atoms. The standard InChI is InChI=1S/C24H15F9/c1-12-6-21(29)23(22(30)7-12)14-10-19(27)15(20(28)11-14)3-2-13-8-17(25)16(18(26)9-13)4-5-24(31,32)33/h4-11H,2-3H2,1H3/b5-4+. The topological polar surface area (TPSA) is 0 Å². The number of halogens is 9. The lowest BCUT2D eigenvalue weighted by atomic mass is 9.97. The molecule has 0 fully saturated rings. The maximum atomic E-state index is 14.5. The number of alkyl halides is 3. The van der Waals surface area contributed by atoms with Crippen molar-refractivity contribution >= 4 is 6.08 Å². The molecule has 0 N–H and O–H groups in total. The van der Waals surface area contributed by atoms with E-state index in [0.29, 0.717) is 0 Å². The first-order valence-electron chi connectivity index (χ1n) is 9.53. The average Bonchev–Trinajstić information content (AvgIpc) is 2.65. The lowest BCUT2D eigenvalue weighted by Crippen LogP contribution is -2.03. The quantitative estimate of drug-likeness (QED) is 0.330. The molecule has 0 nitrogen and oxygen atoms in total. The van der Waals surface area contributed by atoms with Gasteiger partial charge in [-0.25, -0.2) is 26.3 Å². The van der Waals surface area contributed by atoms with Gasteiger partial charge in [0.1, 0.15) is 34.9 Å². The summed E-state index contributed by atoms with van der Waals surface area (Å²) in [6.45, 7) is 1.45. The van der Waals surface area contributed by atoms with E-state index < -0.39 is 57.8 Å². The van der Waals surface area contributed by atoms with Crippen molar-refractivity contribution in [2.75, 3.05) is 0 Å². The third-order valence-corrected chi connectivity index (χ3v) is 4.86. The van der Waals surface area contributed by atoms with E-state index in [0.717, 1.165) is 36.4 Å². The first-order chi connectivity index (χ1) is 15.4. The zero-order chi connectivity index (χ0) is 24.5. The predicted octanol–water partition coefficient (Wildman–Crippen LogP) is 7.86. The molecule has 0 heterocycles. The molecule has 3 aromatic rings. The van der Waals surface area contributed by atoms with Crippen molar-refractivity contribution in [1.82, 2.24) is 0 Å². The van der Waals surface area contributed by atoms with Gasteiger partial charge in [0.05, 0.1) is 5.56 Å². The Morgan fingerprint density at radius 1 is 0.667 bits per heavy atom. The number of aryl methyl sites for hydroxylation is 2. The van der Waals surface area contributed by atoms with Crippen LogP contribution in [0, 0.1) is 41.8 Å². The Bertz CT molecular complexity index is 1150. The summed E-state index contributed by atoms with van der Waals surface area (Å²) in [6, 6.07) is 5.06. The predicted molar refractivity (Wildman–Crippen MR) is 105 cm³/mol. The van der Waals surface area contributed by atoms with Crippen molar-refractivity contribution < 1.29 is 39.5 Å². The van der Waals surface area contributed by atoms with Gasteiger partial charge in [0, 0.05) is 17.2 Å². The van der Waals surface area contributed by atoms with Crippen LogP contribution in [0.1, 0.15) is 22.3 Å². The monoisotopic (exact) mass is 474 g/mol. The van der Waals surface area contributed by atoms with E-state index in [1.165, 1.54) is 6.92 Å². The molecule has 9 heteroatoms. The Balaban J connectivity index is 1.85. The summed E-state index contributed by atoms with van der Waals surface area (Å²) < 4.78 is 122. The summed E-state index contributed by atoms with van der Waals surface area (Å²) in [5.74, 6) is -6.77. The lowest BCUT2D eigenvalue weighted by Gasteiger charge is -2.11. The fourth-order valence-corrected chi connectivity index (χ4v) is 3.35. The molecule has 0 bridgehead atoms. The molecule has 0 aliphatic rings. The molecule has 0 amide bonds. The highest BCUT2D eigenvalue weighted by molar-refractivity contribution is 5.66. The highest BCUT2D eigenvalue weighted by Gasteiger charge is 2.23. The van der Waals surface area contributed by atoms with Gasteiger partial charge in [-0.15, -0.1) is 0 Å². The molecule has 0 aliphatic heterocycles. The smallest absolute Gasteiger partial charge is 0.207 e. The first kappa shape index (κ1) is 24.4. The largest absolute Gasteiger partial charge is 0.409 e. The SMILES string of the molecule is Cc1cc(F)c(-c2cc(F)c(CCc3cc(F)c(/C=C/C(F)(F)F)c(F)c3)c(F)c2)c(F)c1. The van der Waals surface area contributed by atoms with Gasteiger partial charge in [0.15, 0.2) is 0 Å². The second-order valence-electron chi connectivity index (χ2n) is 7.37. The fourth-order valence-electron chi connectivity index (χ4n) is 3.35. The number of hydrogen-bond donors (Lipinski definition) is 0. The maximum absolute atomic E-state index is 14.5. The van der Waals surface area contributed by atoms with E-state index >= 15 is 0 Å². The number of allylic oxidation sites excluding steroid dienone is 1. The van der Waals surface area contributed by atoms with Gasteiger partial charge in [0.2, 0.25) is 0 Å². The molecule has 0 saturated heterocycles. The van der Waals surface area contributed by atoms with Gasteiger partial charge < -0.3 is 0 Å². The van der Waals surface area contributed by atoms with Gasteiger partial charge >= 0.3 is 6.18 Å². The zero-order valence-corrected chi connectivity index (χ0v) is 16.9. The Hall–Kier alpha value is -3.23. The molecule has 3 aromatic carbocycles. The average molecular weight is 474 g/mol. The second-order valence-corrected chi connectivity index (χ2v) is 7.37. The van der Waals surface area contributed by atoms with Gasteiger partial charge in [-0.1, -0.05) is 0 Å². The third kappa shape index (κ3) is 5.77. The number of benzene rings is 3. The van der Waals surface area contributed by atoms with E-state index in [4.69, 9.17) is 0 Å². The fraction of sp³-hybridized carbons (Fsp3) is 0.167.